The van der Waals surface area contributed by atoms with E-state index >= 15 is 0 Å². The van der Waals surface area contributed by atoms with Gasteiger partial charge in [0.1, 0.15) is 5.75 Å². The van der Waals surface area contributed by atoms with Gasteiger partial charge in [0, 0.05) is 30.7 Å². The monoisotopic (exact) mass is 319 g/mol. The van der Waals surface area contributed by atoms with Crippen LogP contribution in [0.4, 0.5) is 8.78 Å². The molecule has 122 valence electrons. The highest BCUT2D eigenvalue weighted by Crippen LogP contribution is 2.36. The first kappa shape index (κ1) is 15.7. The van der Waals surface area contributed by atoms with Crippen LogP contribution in [0.1, 0.15) is 25.7 Å². The maximum atomic E-state index is 13.1. The van der Waals surface area contributed by atoms with E-state index in [0.717, 1.165) is 11.1 Å². The third-order valence-electron chi connectivity index (χ3n) is 4.22. The Bertz CT molecular complexity index is 648. The predicted octanol–water partition coefficient (Wildman–Crippen LogP) is 4.66. The van der Waals surface area contributed by atoms with Gasteiger partial charge in [0.15, 0.2) is 0 Å². The zero-order valence-corrected chi connectivity index (χ0v) is 12.7. The average molecular weight is 319 g/mol. The van der Waals surface area contributed by atoms with Crippen LogP contribution in [0, 0.1) is 5.92 Å². The molecule has 0 radical (unpaired) electrons. The van der Waals surface area contributed by atoms with Gasteiger partial charge >= 0.3 is 0 Å². The van der Waals surface area contributed by atoms with E-state index in [0.29, 0.717) is 25.3 Å². The van der Waals surface area contributed by atoms with Gasteiger partial charge in [0.2, 0.25) is 11.8 Å². The molecule has 5 heteroatoms. The molecule has 0 saturated heterocycles. The molecule has 1 fully saturated rings. The topological polar surface area (TPSA) is 42.4 Å². The molecule has 1 aromatic carbocycles. The Balaban J connectivity index is 1.56. The summed E-state index contributed by atoms with van der Waals surface area (Å²) in [4.78, 5) is 4.25. The molecule has 3 nitrogen and oxygen atoms in total. The lowest BCUT2D eigenvalue weighted by Crippen LogP contribution is -2.27. The molecule has 1 saturated carbocycles. The molecule has 1 N–H and O–H groups in total. The summed E-state index contributed by atoms with van der Waals surface area (Å²) in [6.07, 6.45) is 2.57. The van der Waals surface area contributed by atoms with Gasteiger partial charge in [-0.3, -0.25) is 0 Å². The Morgan fingerprint density at radius 3 is 2.57 bits per heavy atom. The number of aromatic nitrogens is 1. The van der Waals surface area contributed by atoms with E-state index in [1.807, 2.05) is 12.1 Å². The molecule has 0 aliphatic heterocycles. The highest BCUT2D eigenvalue weighted by Gasteiger charge is 2.35. The van der Waals surface area contributed by atoms with E-state index < -0.39 is 5.92 Å². The van der Waals surface area contributed by atoms with Gasteiger partial charge in [-0.15, -0.1) is 0 Å². The molecule has 0 atom stereocenters. The molecule has 0 amide bonds. The number of halogens is 2. The highest BCUT2D eigenvalue weighted by atomic mass is 19.3. The van der Waals surface area contributed by atoms with Crippen molar-refractivity contribution in [2.45, 2.75) is 31.6 Å². The smallest absolute Gasteiger partial charge is 0.248 e. The van der Waals surface area contributed by atoms with Gasteiger partial charge < -0.3 is 9.84 Å². The fraction of sp³-hybridized carbons (Fsp3) is 0.389. The fourth-order valence-electron chi connectivity index (χ4n) is 2.79. The van der Waals surface area contributed by atoms with Gasteiger partial charge in [0.05, 0.1) is 6.61 Å². The minimum Gasteiger partial charge on any atom is -0.508 e. The molecule has 2 aromatic rings. The Hall–Kier alpha value is -2.17. The second kappa shape index (κ2) is 6.52. The number of hydrogen-bond acceptors (Lipinski definition) is 3. The molecular formula is C18H19F2NO2. The van der Waals surface area contributed by atoms with Crippen molar-refractivity contribution in [2.24, 2.45) is 5.92 Å². The van der Waals surface area contributed by atoms with E-state index in [-0.39, 0.29) is 24.5 Å². The Morgan fingerprint density at radius 1 is 1.13 bits per heavy atom. The number of rotatable bonds is 4. The SMILES string of the molecule is Oc1cccc(-c2ccc(OCC3CCC(F)(F)CC3)nc2)c1. The van der Waals surface area contributed by atoms with Crippen molar-refractivity contribution in [3.8, 4) is 22.8 Å². The van der Waals surface area contributed by atoms with Crippen molar-refractivity contribution in [3.05, 3.63) is 42.6 Å². The molecule has 0 spiro atoms. The summed E-state index contributed by atoms with van der Waals surface area (Å²) in [7, 11) is 0. The standard InChI is InChI=1S/C18H19F2NO2/c19-18(20)8-6-13(7-9-18)12-23-17-5-4-15(11-21-17)14-2-1-3-16(22)10-14/h1-5,10-11,13,22H,6-9,12H2. The first-order chi connectivity index (χ1) is 11.0. The Morgan fingerprint density at radius 2 is 1.91 bits per heavy atom. The number of nitrogens with zero attached hydrogens (tertiary/aromatic N) is 1. The van der Waals surface area contributed by atoms with Gasteiger partial charge in [-0.2, -0.15) is 0 Å². The van der Waals surface area contributed by atoms with Gasteiger partial charge in [0.25, 0.3) is 0 Å². The number of hydrogen-bond donors (Lipinski definition) is 1. The van der Waals surface area contributed by atoms with E-state index in [9.17, 15) is 13.9 Å². The van der Waals surface area contributed by atoms with E-state index in [1.165, 1.54) is 0 Å². The van der Waals surface area contributed by atoms with Crippen LogP contribution in [0.2, 0.25) is 0 Å². The van der Waals surface area contributed by atoms with Crippen LogP contribution in [0.3, 0.4) is 0 Å². The molecule has 1 heterocycles. The molecule has 1 aliphatic carbocycles. The summed E-state index contributed by atoms with van der Waals surface area (Å²) in [6.45, 7) is 0.425. The molecule has 0 bridgehead atoms. The van der Waals surface area contributed by atoms with Crippen LogP contribution < -0.4 is 4.74 Å². The molecule has 0 unspecified atom stereocenters. The number of phenolic OH excluding ortho intramolecular Hbond substituents is 1. The van der Waals surface area contributed by atoms with Gasteiger partial charge in [-0.05, 0) is 42.5 Å². The first-order valence-electron chi connectivity index (χ1n) is 7.78. The number of alkyl halides is 2. The van der Waals surface area contributed by atoms with Crippen LogP contribution in [0.15, 0.2) is 42.6 Å². The minimum absolute atomic E-state index is 0.0507. The van der Waals surface area contributed by atoms with Crippen molar-refractivity contribution in [1.82, 2.24) is 4.98 Å². The zero-order valence-electron chi connectivity index (χ0n) is 12.7. The number of pyridine rings is 1. The quantitative estimate of drug-likeness (QED) is 0.891. The van der Waals surface area contributed by atoms with Crippen molar-refractivity contribution < 1.29 is 18.6 Å². The second-order valence-electron chi connectivity index (χ2n) is 6.05. The van der Waals surface area contributed by atoms with E-state index in [4.69, 9.17) is 4.74 Å². The minimum atomic E-state index is -2.50. The van der Waals surface area contributed by atoms with Gasteiger partial charge in [-0.1, -0.05) is 12.1 Å². The lowest BCUT2D eigenvalue weighted by molar-refractivity contribution is -0.0499. The number of ether oxygens (including phenoxy) is 1. The Kier molecular flexibility index (Phi) is 4.46. The average Bonchev–Trinajstić information content (AvgIpc) is 2.54. The molecule has 1 aliphatic rings. The molecule has 3 rings (SSSR count). The summed E-state index contributed by atoms with van der Waals surface area (Å²) in [6, 6.07) is 10.6. The molecule has 23 heavy (non-hydrogen) atoms. The van der Waals surface area contributed by atoms with E-state index in [1.54, 1.807) is 30.5 Å². The first-order valence-corrected chi connectivity index (χ1v) is 7.78. The number of benzene rings is 1. The number of phenols is 1. The number of aromatic hydroxyl groups is 1. The lowest BCUT2D eigenvalue weighted by atomic mass is 9.87. The van der Waals surface area contributed by atoms with Crippen molar-refractivity contribution in [3.63, 3.8) is 0 Å². The van der Waals surface area contributed by atoms with Crippen LogP contribution in [-0.2, 0) is 0 Å². The largest absolute Gasteiger partial charge is 0.508 e. The maximum Gasteiger partial charge on any atom is 0.248 e. The van der Waals surface area contributed by atoms with Gasteiger partial charge in [-0.25, -0.2) is 13.8 Å². The summed E-state index contributed by atoms with van der Waals surface area (Å²) in [5, 5.41) is 9.50. The molecule has 1 aromatic heterocycles. The normalized spacial score (nSPS) is 17.8. The van der Waals surface area contributed by atoms with Crippen LogP contribution in [0.5, 0.6) is 11.6 Å². The van der Waals surface area contributed by atoms with Crippen LogP contribution in [-0.4, -0.2) is 22.6 Å². The van der Waals surface area contributed by atoms with E-state index in [2.05, 4.69) is 4.98 Å². The Labute approximate surface area is 133 Å². The third kappa shape index (κ3) is 4.18. The summed E-state index contributed by atoms with van der Waals surface area (Å²) >= 11 is 0. The third-order valence-corrected chi connectivity index (χ3v) is 4.22. The highest BCUT2D eigenvalue weighted by molar-refractivity contribution is 5.64. The van der Waals surface area contributed by atoms with Crippen LogP contribution >= 0.6 is 0 Å². The predicted molar refractivity (Wildman–Crippen MR) is 83.7 cm³/mol. The summed E-state index contributed by atoms with van der Waals surface area (Å²) < 4.78 is 31.8. The van der Waals surface area contributed by atoms with Crippen molar-refractivity contribution in [2.75, 3.05) is 6.61 Å². The lowest BCUT2D eigenvalue weighted by Gasteiger charge is -2.27. The molecular weight excluding hydrogens is 300 g/mol. The maximum absolute atomic E-state index is 13.1. The second-order valence-corrected chi connectivity index (χ2v) is 6.05. The van der Waals surface area contributed by atoms with Crippen molar-refractivity contribution >= 4 is 0 Å². The summed E-state index contributed by atoms with van der Waals surface area (Å²) in [5.74, 6) is -1.64. The van der Waals surface area contributed by atoms with Crippen molar-refractivity contribution in [1.29, 1.82) is 0 Å². The zero-order chi connectivity index (χ0) is 16.3. The fourth-order valence-corrected chi connectivity index (χ4v) is 2.79. The van der Waals surface area contributed by atoms with Crippen LogP contribution in [0.25, 0.3) is 11.1 Å². The summed E-state index contributed by atoms with van der Waals surface area (Å²) in [5.41, 5.74) is 1.75.